The quantitative estimate of drug-likeness (QED) is 0.832. The average molecular weight is 338 g/mol. The molecular formula is C15H20BrN3O. The standard InChI is InChI=1S/C15H20BrN3O/c1-18-6-2-4-13(18)14-5-3-7-19(14)15(20)11-8-12(16)10-17-9-11/h8-10,13-14H,2-7H2,1H3. The van der Waals surface area contributed by atoms with Crippen molar-refractivity contribution in [3.63, 3.8) is 0 Å². The fraction of sp³-hybridized carbons (Fsp3) is 0.600. The van der Waals surface area contributed by atoms with E-state index in [2.05, 4.69) is 37.8 Å². The third kappa shape index (κ3) is 2.61. The number of hydrogen-bond donors (Lipinski definition) is 0. The van der Waals surface area contributed by atoms with E-state index < -0.39 is 0 Å². The second-order valence-electron chi connectivity index (χ2n) is 5.79. The van der Waals surface area contributed by atoms with Crippen LogP contribution in [0.3, 0.4) is 0 Å². The minimum absolute atomic E-state index is 0.126. The van der Waals surface area contributed by atoms with E-state index in [-0.39, 0.29) is 5.91 Å². The Hall–Kier alpha value is -0.940. The molecule has 1 amide bonds. The van der Waals surface area contributed by atoms with Crippen LogP contribution in [0.15, 0.2) is 22.9 Å². The summed E-state index contributed by atoms with van der Waals surface area (Å²) in [6.07, 6.45) is 8.08. The number of aromatic nitrogens is 1. The molecule has 0 saturated carbocycles. The molecule has 5 heteroatoms. The molecule has 2 fully saturated rings. The van der Waals surface area contributed by atoms with Gasteiger partial charge in [-0.25, -0.2) is 0 Å². The van der Waals surface area contributed by atoms with Crippen molar-refractivity contribution in [2.75, 3.05) is 20.1 Å². The number of likely N-dealkylation sites (tertiary alicyclic amines) is 2. The molecule has 0 N–H and O–H groups in total. The number of pyridine rings is 1. The number of nitrogens with zero attached hydrogens (tertiary/aromatic N) is 3. The first-order valence-electron chi connectivity index (χ1n) is 7.28. The summed E-state index contributed by atoms with van der Waals surface area (Å²) in [5.74, 6) is 0.126. The molecular weight excluding hydrogens is 318 g/mol. The van der Waals surface area contributed by atoms with Gasteiger partial charge in [-0.1, -0.05) is 0 Å². The van der Waals surface area contributed by atoms with Crippen molar-refractivity contribution in [1.82, 2.24) is 14.8 Å². The average Bonchev–Trinajstić information content (AvgIpc) is 3.06. The summed E-state index contributed by atoms with van der Waals surface area (Å²) in [5, 5.41) is 0. The largest absolute Gasteiger partial charge is 0.334 e. The van der Waals surface area contributed by atoms with Crippen molar-refractivity contribution in [1.29, 1.82) is 0 Å². The maximum Gasteiger partial charge on any atom is 0.255 e. The van der Waals surface area contributed by atoms with E-state index in [9.17, 15) is 4.79 Å². The molecule has 0 spiro atoms. The van der Waals surface area contributed by atoms with Gasteiger partial charge in [-0.15, -0.1) is 0 Å². The Morgan fingerprint density at radius 3 is 2.70 bits per heavy atom. The Kier molecular flexibility index (Phi) is 4.08. The third-order valence-corrected chi connectivity index (χ3v) is 4.97. The summed E-state index contributed by atoms with van der Waals surface area (Å²) in [5.41, 5.74) is 0.687. The SMILES string of the molecule is CN1CCCC1C1CCCN1C(=O)c1cncc(Br)c1. The van der Waals surface area contributed by atoms with E-state index in [1.165, 1.54) is 12.8 Å². The van der Waals surface area contributed by atoms with Gasteiger partial charge in [0.25, 0.3) is 5.91 Å². The highest BCUT2D eigenvalue weighted by molar-refractivity contribution is 9.10. The van der Waals surface area contributed by atoms with E-state index in [1.807, 2.05) is 6.07 Å². The normalized spacial score (nSPS) is 27.2. The molecule has 0 aromatic carbocycles. The third-order valence-electron chi connectivity index (χ3n) is 4.53. The molecule has 3 heterocycles. The zero-order valence-corrected chi connectivity index (χ0v) is 13.3. The number of hydrogen-bond acceptors (Lipinski definition) is 3. The Bertz CT molecular complexity index is 508. The van der Waals surface area contributed by atoms with Crippen LogP contribution in [0, 0.1) is 0 Å². The number of rotatable bonds is 2. The van der Waals surface area contributed by atoms with Gasteiger partial charge in [0.1, 0.15) is 0 Å². The summed E-state index contributed by atoms with van der Waals surface area (Å²) in [7, 11) is 2.18. The van der Waals surface area contributed by atoms with Crippen molar-refractivity contribution in [2.24, 2.45) is 0 Å². The van der Waals surface area contributed by atoms with Crippen LogP contribution in [-0.4, -0.2) is 52.9 Å². The highest BCUT2D eigenvalue weighted by atomic mass is 79.9. The van der Waals surface area contributed by atoms with Crippen LogP contribution in [0.25, 0.3) is 0 Å². The lowest BCUT2D eigenvalue weighted by atomic mass is 10.0. The van der Waals surface area contributed by atoms with Gasteiger partial charge in [-0.05, 0) is 61.3 Å². The fourth-order valence-electron chi connectivity index (χ4n) is 3.56. The van der Waals surface area contributed by atoms with Gasteiger partial charge < -0.3 is 9.80 Å². The van der Waals surface area contributed by atoms with Crippen molar-refractivity contribution in [3.05, 3.63) is 28.5 Å². The molecule has 3 rings (SSSR count). The van der Waals surface area contributed by atoms with Gasteiger partial charge in [-0.3, -0.25) is 9.78 Å². The summed E-state index contributed by atoms with van der Waals surface area (Å²) in [4.78, 5) is 21.3. The van der Waals surface area contributed by atoms with Crippen LogP contribution in [0.5, 0.6) is 0 Å². The van der Waals surface area contributed by atoms with E-state index in [4.69, 9.17) is 0 Å². The molecule has 0 aliphatic carbocycles. The van der Waals surface area contributed by atoms with Crippen LogP contribution >= 0.6 is 15.9 Å². The van der Waals surface area contributed by atoms with E-state index in [0.29, 0.717) is 17.6 Å². The number of amides is 1. The molecule has 2 aliphatic heterocycles. The second-order valence-corrected chi connectivity index (χ2v) is 6.71. The van der Waals surface area contributed by atoms with Gasteiger partial charge in [0.2, 0.25) is 0 Å². The zero-order valence-electron chi connectivity index (χ0n) is 11.8. The Morgan fingerprint density at radius 2 is 2.00 bits per heavy atom. The highest BCUT2D eigenvalue weighted by Gasteiger charge is 2.38. The molecule has 2 atom stereocenters. The first-order chi connectivity index (χ1) is 9.66. The number of carbonyl (C=O) groups is 1. The second kappa shape index (κ2) is 5.82. The van der Waals surface area contributed by atoms with Gasteiger partial charge in [0.05, 0.1) is 5.56 Å². The van der Waals surface area contributed by atoms with Crippen LogP contribution in [0.1, 0.15) is 36.0 Å². The first kappa shape index (κ1) is 14.0. The maximum atomic E-state index is 12.7. The lowest BCUT2D eigenvalue weighted by molar-refractivity contribution is 0.0664. The van der Waals surface area contributed by atoms with Gasteiger partial charge >= 0.3 is 0 Å². The number of likely N-dealkylation sites (N-methyl/N-ethyl adjacent to an activating group) is 1. The van der Waals surface area contributed by atoms with E-state index >= 15 is 0 Å². The molecule has 1 aromatic rings. The van der Waals surface area contributed by atoms with Gasteiger partial charge in [0, 0.05) is 35.5 Å². The van der Waals surface area contributed by atoms with Crippen molar-refractivity contribution >= 4 is 21.8 Å². The Morgan fingerprint density at radius 1 is 1.25 bits per heavy atom. The van der Waals surface area contributed by atoms with Crippen LogP contribution in [0.2, 0.25) is 0 Å². The monoisotopic (exact) mass is 337 g/mol. The maximum absolute atomic E-state index is 12.7. The minimum Gasteiger partial charge on any atom is -0.334 e. The summed E-state index contributed by atoms with van der Waals surface area (Å²) < 4.78 is 0.858. The predicted molar refractivity (Wildman–Crippen MR) is 81.6 cm³/mol. The smallest absolute Gasteiger partial charge is 0.255 e. The summed E-state index contributed by atoms with van der Waals surface area (Å²) in [6, 6.07) is 2.76. The molecule has 2 aliphatic rings. The van der Waals surface area contributed by atoms with Crippen LogP contribution in [0.4, 0.5) is 0 Å². The van der Waals surface area contributed by atoms with E-state index in [1.54, 1.807) is 12.4 Å². The van der Waals surface area contributed by atoms with Gasteiger partial charge in [-0.2, -0.15) is 0 Å². The van der Waals surface area contributed by atoms with Crippen molar-refractivity contribution in [3.8, 4) is 0 Å². The minimum atomic E-state index is 0.126. The predicted octanol–water partition coefficient (Wildman–Crippen LogP) is 2.54. The fourth-order valence-corrected chi connectivity index (χ4v) is 3.93. The van der Waals surface area contributed by atoms with Crippen LogP contribution < -0.4 is 0 Å². The number of halogens is 1. The summed E-state index contributed by atoms with van der Waals surface area (Å²) >= 11 is 3.39. The Balaban J connectivity index is 1.79. The highest BCUT2D eigenvalue weighted by Crippen LogP contribution is 2.30. The number of carbonyl (C=O) groups excluding carboxylic acids is 1. The van der Waals surface area contributed by atoms with Crippen molar-refractivity contribution < 1.29 is 4.79 Å². The zero-order chi connectivity index (χ0) is 14.1. The molecule has 2 unspecified atom stereocenters. The topological polar surface area (TPSA) is 36.4 Å². The van der Waals surface area contributed by atoms with Crippen molar-refractivity contribution in [2.45, 2.75) is 37.8 Å². The molecule has 4 nitrogen and oxygen atoms in total. The van der Waals surface area contributed by atoms with E-state index in [0.717, 1.165) is 30.4 Å². The molecule has 0 radical (unpaired) electrons. The summed E-state index contributed by atoms with van der Waals surface area (Å²) in [6.45, 7) is 2.03. The molecule has 108 valence electrons. The molecule has 0 bridgehead atoms. The lowest BCUT2D eigenvalue weighted by Gasteiger charge is -2.33. The lowest BCUT2D eigenvalue weighted by Crippen LogP contribution is -2.47. The van der Waals surface area contributed by atoms with Gasteiger partial charge in [0.15, 0.2) is 0 Å². The molecule has 2 saturated heterocycles. The first-order valence-corrected chi connectivity index (χ1v) is 8.08. The molecule has 20 heavy (non-hydrogen) atoms. The molecule has 1 aromatic heterocycles. The van der Waals surface area contributed by atoms with Crippen LogP contribution in [-0.2, 0) is 0 Å². The Labute approximate surface area is 128 Å².